The van der Waals surface area contributed by atoms with Crippen LogP contribution in [0.1, 0.15) is 37.0 Å². The summed E-state index contributed by atoms with van der Waals surface area (Å²) in [5, 5.41) is 10.2. The van der Waals surface area contributed by atoms with Gasteiger partial charge in [0.1, 0.15) is 5.75 Å². The van der Waals surface area contributed by atoms with Crippen LogP contribution in [0, 0.1) is 0 Å². The van der Waals surface area contributed by atoms with Crippen LogP contribution >= 0.6 is 0 Å². The van der Waals surface area contributed by atoms with Crippen molar-refractivity contribution >= 4 is 12.4 Å². The monoisotopic (exact) mass is 308 g/mol. The molecule has 0 saturated heterocycles. The first-order chi connectivity index (χ1) is 11.1. The van der Waals surface area contributed by atoms with Crippen molar-refractivity contribution in [2.24, 2.45) is 0 Å². The van der Waals surface area contributed by atoms with Gasteiger partial charge in [-0.25, -0.2) is 0 Å². The van der Waals surface area contributed by atoms with Crippen LogP contribution < -0.4 is 10.2 Å². The average molecular weight is 308 g/mol. The van der Waals surface area contributed by atoms with E-state index in [9.17, 15) is 5.02 Å². The van der Waals surface area contributed by atoms with Gasteiger partial charge in [0.05, 0.1) is 6.10 Å². The molecule has 0 saturated carbocycles. The van der Waals surface area contributed by atoms with E-state index in [0.29, 0.717) is 0 Å². The number of rotatable bonds is 5. The van der Waals surface area contributed by atoms with Crippen LogP contribution in [-0.4, -0.2) is 18.0 Å². The molecule has 120 valence electrons. The van der Waals surface area contributed by atoms with E-state index < -0.39 is 0 Å². The summed E-state index contributed by atoms with van der Waals surface area (Å²) in [6, 6.07) is 14.9. The Labute approximate surface area is 139 Å². The van der Waals surface area contributed by atoms with E-state index >= 15 is 0 Å². The molecule has 0 aromatic heterocycles. The minimum atomic E-state index is -0.282. The largest absolute Gasteiger partial charge is 0.491 e. The molecule has 0 aliphatic carbocycles. The van der Waals surface area contributed by atoms with E-state index in [4.69, 9.17) is 4.74 Å². The fourth-order valence-corrected chi connectivity index (χ4v) is 3.34. The molecular weight excluding hydrogens is 283 g/mol. The number of ether oxygens (including phenoxy) is 1. The molecule has 1 heterocycles. The third-order valence-electron chi connectivity index (χ3n) is 4.51. The van der Waals surface area contributed by atoms with Gasteiger partial charge in [-0.3, -0.25) is 0 Å². The number of hydrogen-bond donors (Lipinski definition) is 1. The van der Waals surface area contributed by atoms with Crippen LogP contribution in [0.25, 0.3) is 0 Å². The maximum atomic E-state index is 10.2. The summed E-state index contributed by atoms with van der Waals surface area (Å²) in [5.74, 6) is 0.987. The zero-order valence-electron chi connectivity index (χ0n) is 14.1. The molecule has 0 spiro atoms. The molecule has 3 heteroatoms. The molecule has 2 nitrogen and oxygen atoms in total. The second-order valence-electron chi connectivity index (χ2n) is 6.72. The first-order valence-corrected chi connectivity index (χ1v) is 8.68. The van der Waals surface area contributed by atoms with Crippen LogP contribution in [-0.2, 0) is 19.3 Å². The fraction of sp³-hybridized carbons (Fsp3) is 0.400. The Hall–Kier alpha value is -1.74. The van der Waals surface area contributed by atoms with Crippen molar-refractivity contribution in [3.63, 3.8) is 0 Å². The summed E-state index contributed by atoms with van der Waals surface area (Å²) in [6.45, 7) is 3.83. The summed E-state index contributed by atoms with van der Waals surface area (Å²) < 4.78 is 5.90. The lowest BCUT2D eigenvalue weighted by atomic mass is 9.53. The summed E-state index contributed by atoms with van der Waals surface area (Å²) in [6.07, 6.45) is 5.19. The van der Waals surface area contributed by atoms with Crippen LogP contribution in [0.2, 0.25) is 6.32 Å². The smallest absolute Gasteiger partial charge is 0.323 e. The average Bonchev–Trinajstić information content (AvgIpc) is 2.54. The lowest BCUT2D eigenvalue weighted by molar-refractivity contribution is 0.240. The van der Waals surface area contributed by atoms with E-state index in [1.54, 1.807) is 0 Å². The van der Waals surface area contributed by atoms with Crippen molar-refractivity contribution in [2.45, 2.75) is 52.0 Å². The SMILES string of the molecule is CC(C)Oc1ccccc1CCc1ccc2c(c1)B(O)CCC2. The molecule has 0 unspecified atom stereocenters. The Morgan fingerprint density at radius 1 is 1.13 bits per heavy atom. The van der Waals surface area contributed by atoms with Gasteiger partial charge in [0.25, 0.3) is 0 Å². The van der Waals surface area contributed by atoms with E-state index in [0.717, 1.165) is 43.2 Å². The van der Waals surface area contributed by atoms with E-state index in [2.05, 4.69) is 44.2 Å². The second-order valence-corrected chi connectivity index (χ2v) is 6.72. The maximum absolute atomic E-state index is 10.2. The van der Waals surface area contributed by atoms with Crippen molar-refractivity contribution in [3.8, 4) is 5.75 Å². The summed E-state index contributed by atoms with van der Waals surface area (Å²) >= 11 is 0. The van der Waals surface area contributed by atoms with Crippen molar-refractivity contribution < 1.29 is 9.76 Å². The molecule has 2 aromatic carbocycles. The predicted octanol–water partition coefficient (Wildman–Crippen LogP) is 3.40. The number of aryl methyl sites for hydroxylation is 3. The standard InChI is InChI=1S/C20H25BO2/c1-15(2)23-20-8-4-3-6-18(20)12-10-16-9-11-17-7-5-13-21(22)19(17)14-16/h3-4,6,8-9,11,14-15,22H,5,7,10,12-13H2,1-2H3. The van der Waals surface area contributed by atoms with Crippen molar-refractivity contribution in [1.82, 2.24) is 0 Å². The highest BCUT2D eigenvalue weighted by molar-refractivity contribution is 6.67. The number of benzene rings is 2. The van der Waals surface area contributed by atoms with Gasteiger partial charge in [-0.15, -0.1) is 0 Å². The molecule has 0 amide bonds. The molecule has 0 atom stereocenters. The van der Waals surface area contributed by atoms with E-state index in [1.807, 2.05) is 12.1 Å². The Morgan fingerprint density at radius 2 is 1.96 bits per heavy atom. The molecular formula is C20H25BO2. The number of hydrogen-bond acceptors (Lipinski definition) is 2. The summed E-state index contributed by atoms with van der Waals surface area (Å²) in [4.78, 5) is 0. The van der Waals surface area contributed by atoms with Crippen molar-refractivity contribution in [1.29, 1.82) is 0 Å². The normalized spacial score (nSPS) is 14.0. The predicted molar refractivity (Wildman–Crippen MR) is 96.8 cm³/mol. The molecule has 3 rings (SSSR count). The van der Waals surface area contributed by atoms with Crippen LogP contribution in [0.15, 0.2) is 42.5 Å². The highest BCUT2D eigenvalue weighted by Gasteiger charge is 2.22. The van der Waals surface area contributed by atoms with Gasteiger partial charge in [-0.1, -0.05) is 48.4 Å². The van der Waals surface area contributed by atoms with Gasteiger partial charge in [-0.05, 0) is 62.1 Å². The maximum Gasteiger partial charge on any atom is 0.323 e. The summed E-state index contributed by atoms with van der Waals surface area (Å²) in [5.41, 5.74) is 5.00. The summed E-state index contributed by atoms with van der Waals surface area (Å²) in [7, 11) is 0. The van der Waals surface area contributed by atoms with Crippen LogP contribution in [0.4, 0.5) is 0 Å². The zero-order chi connectivity index (χ0) is 16.2. The van der Waals surface area contributed by atoms with E-state index in [1.165, 1.54) is 16.7 Å². The fourth-order valence-electron chi connectivity index (χ4n) is 3.34. The highest BCUT2D eigenvalue weighted by Crippen LogP contribution is 2.22. The Balaban J connectivity index is 1.73. The van der Waals surface area contributed by atoms with Gasteiger partial charge >= 0.3 is 6.92 Å². The lowest BCUT2D eigenvalue weighted by Gasteiger charge is -2.19. The van der Waals surface area contributed by atoms with Crippen LogP contribution in [0.3, 0.4) is 0 Å². The van der Waals surface area contributed by atoms with Crippen molar-refractivity contribution in [3.05, 3.63) is 59.2 Å². The lowest BCUT2D eigenvalue weighted by Crippen LogP contribution is -2.36. The second kappa shape index (κ2) is 7.22. The quantitative estimate of drug-likeness (QED) is 0.858. The third kappa shape index (κ3) is 3.97. The van der Waals surface area contributed by atoms with E-state index in [-0.39, 0.29) is 13.0 Å². The molecule has 0 fully saturated rings. The first-order valence-electron chi connectivity index (χ1n) is 8.68. The molecule has 1 N–H and O–H groups in total. The van der Waals surface area contributed by atoms with Crippen LogP contribution in [0.5, 0.6) is 5.75 Å². The molecule has 0 bridgehead atoms. The minimum absolute atomic E-state index is 0.190. The van der Waals surface area contributed by atoms with Gasteiger partial charge in [0, 0.05) is 0 Å². The molecule has 1 aliphatic rings. The van der Waals surface area contributed by atoms with Gasteiger partial charge < -0.3 is 9.76 Å². The third-order valence-corrected chi connectivity index (χ3v) is 4.51. The Kier molecular flexibility index (Phi) is 5.07. The highest BCUT2D eigenvalue weighted by atomic mass is 16.5. The number of fused-ring (bicyclic) bond motifs is 1. The topological polar surface area (TPSA) is 29.5 Å². The van der Waals surface area contributed by atoms with Crippen molar-refractivity contribution in [2.75, 3.05) is 0 Å². The van der Waals surface area contributed by atoms with Gasteiger partial charge in [0.15, 0.2) is 0 Å². The molecule has 0 radical (unpaired) electrons. The molecule has 2 aromatic rings. The number of para-hydroxylation sites is 1. The first kappa shape index (κ1) is 16.1. The van der Waals surface area contributed by atoms with Gasteiger partial charge in [0.2, 0.25) is 0 Å². The van der Waals surface area contributed by atoms with Gasteiger partial charge in [-0.2, -0.15) is 0 Å². The Morgan fingerprint density at radius 3 is 2.78 bits per heavy atom. The molecule has 23 heavy (non-hydrogen) atoms. The molecule has 1 aliphatic heterocycles. The zero-order valence-corrected chi connectivity index (χ0v) is 14.1. The minimum Gasteiger partial charge on any atom is -0.491 e. The Bertz CT molecular complexity index is 666.